The molecule has 0 saturated heterocycles. The molecule has 3 aromatic carbocycles. The molecule has 0 saturated carbocycles. The van der Waals surface area contributed by atoms with Gasteiger partial charge >= 0.3 is 0 Å². The number of nitrogens with zero attached hydrogens (tertiary/aromatic N) is 2. The topological polar surface area (TPSA) is 75.1 Å². The van der Waals surface area contributed by atoms with Gasteiger partial charge in [0.15, 0.2) is 5.82 Å². The van der Waals surface area contributed by atoms with E-state index >= 15 is 0 Å². The summed E-state index contributed by atoms with van der Waals surface area (Å²) >= 11 is 0. The fraction of sp³-hybridized carbons (Fsp3) is 0.0800. The van der Waals surface area contributed by atoms with Gasteiger partial charge in [-0.1, -0.05) is 66.7 Å². The number of amides is 1. The molecule has 0 aliphatic heterocycles. The first-order valence-corrected chi connectivity index (χ1v) is 9.79. The van der Waals surface area contributed by atoms with Crippen molar-refractivity contribution in [1.82, 2.24) is 9.97 Å². The summed E-state index contributed by atoms with van der Waals surface area (Å²) in [6.07, 6.45) is 1.70. The molecule has 31 heavy (non-hydrogen) atoms. The molecule has 0 fully saturated rings. The molecule has 0 atom stereocenters. The highest BCUT2D eigenvalue weighted by atomic mass is 19.1. The number of rotatable bonds is 6. The Morgan fingerprint density at radius 1 is 0.871 bits per heavy atom. The maximum Gasteiger partial charge on any atom is 0.230 e. The fourth-order valence-electron chi connectivity index (χ4n) is 3.16. The molecule has 1 amide bonds. The van der Waals surface area contributed by atoms with Gasteiger partial charge in [-0.05, 0) is 23.3 Å². The van der Waals surface area contributed by atoms with E-state index in [1.54, 1.807) is 18.3 Å². The lowest BCUT2D eigenvalue weighted by Crippen LogP contribution is -2.16. The van der Waals surface area contributed by atoms with Gasteiger partial charge in [-0.15, -0.1) is 0 Å². The summed E-state index contributed by atoms with van der Waals surface area (Å²) in [7, 11) is 0. The minimum absolute atomic E-state index is 0.0275. The number of hydrogen-bond donors (Lipinski definition) is 2. The zero-order valence-electron chi connectivity index (χ0n) is 16.6. The molecule has 4 rings (SSSR count). The Balaban J connectivity index is 1.64. The van der Waals surface area contributed by atoms with E-state index in [2.05, 4.69) is 10.3 Å². The molecule has 154 valence electrons. The number of nitrogens with one attached hydrogen (secondary N) is 1. The summed E-state index contributed by atoms with van der Waals surface area (Å²) in [6, 6.07) is 22.7. The average Bonchev–Trinajstić information content (AvgIpc) is 2.81. The van der Waals surface area contributed by atoms with E-state index in [9.17, 15) is 14.3 Å². The Morgan fingerprint density at radius 2 is 1.55 bits per heavy atom. The molecule has 0 unspecified atom stereocenters. The lowest BCUT2D eigenvalue weighted by molar-refractivity contribution is -0.115. The number of aliphatic hydroxyl groups is 1. The average molecular weight is 413 g/mol. The Bertz CT molecular complexity index is 1180. The summed E-state index contributed by atoms with van der Waals surface area (Å²) < 4.78 is 13.1. The van der Waals surface area contributed by atoms with Crippen LogP contribution in [0.2, 0.25) is 0 Å². The SMILES string of the molecule is O=C(Cc1ccc(F)cc1)Nc1ncc(-c2ccc(CO)cc2)nc1-c1ccccc1. The highest BCUT2D eigenvalue weighted by molar-refractivity contribution is 5.94. The number of anilines is 1. The summed E-state index contributed by atoms with van der Waals surface area (Å²) in [6.45, 7) is -0.0275. The fourth-order valence-corrected chi connectivity index (χ4v) is 3.16. The van der Waals surface area contributed by atoms with E-state index in [1.165, 1.54) is 12.1 Å². The van der Waals surface area contributed by atoms with Crippen LogP contribution < -0.4 is 5.32 Å². The van der Waals surface area contributed by atoms with Crippen molar-refractivity contribution in [2.45, 2.75) is 13.0 Å². The van der Waals surface area contributed by atoms with Gasteiger partial charge in [0.25, 0.3) is 0 Å². The first kappa shape index (κ1) is 20.4. The van der Waals surface area contributed by atoms with Crippen LogP contribution in [-0.4, -0.2) is 21.0 Å². The molecule has 0 bridgehead atoms. The second-order valence-electron chi connectivity index (χ2n) is 7.02. The Kier molecular flexibility index (Phi) is 6.10. The second kappa shape index (κ2) is 9.28. The van der Waals surface area contributed by atoms with Crippen molar-refractivity contribution in [1.29, 1.82) is 0 Å². The highest BCUT2D eigenvalue weighted by Crippen LogP contribution is 2.28. The van der Waals surface area contributed by atoms with E-state index in [0.29, 0.717) is 22.8 Å². The summed E-state index contributed by atoms with van der Waals surface area (Å²) in [4.78, 5) is 21.8. The van der Waals surface area contributed by atoms with Crippen LogP contribution in [0.5, 0.6) is 0 Å². The van der Waals surface area contributed by atoms with Gasteiger partial charge in [-0.3, -0.25) is 4.79 Å². The molecule has 0 spiro atoms. The quantitative estimate of drug-likeness (QED) is 0.484. The predicted octanol–water partition coefficient (Wildman–Crippen LogP) is 4.62. The zero-order chi connectivity index (χ0) is 21.6. The van der Waals surface area contributed by atoms with Crippen molar-refractivity contribution < 1.29 is 14.3 Å². The normalized spacial score (nSPS) is 10.6. The molecule has 0 aliphatic rings. The lowest BCUT2D eigenvalue weighted by atomic mass is 10.1. The van der Waals surface area contributed by atoms with Crippen LogP contribution in [0.25, 0.3) is 22.5 Å². The molecule has 4 aromatic rings. The number of hydrogen-bond acceptors (Lipinski definition) is 4. The molecular formula is C25H20FN3O2. The minimum atomic E-state index is -0.344. The van der Waals surface area contributed by atoms with Gasteiger partial charge in [0, 0.05) is 11.1 Å². The van der Waals surface area contributed by atoms with Gasteiger partial charge in [-0.2, -0.15) is 0 Å². The van der Waals surface area contributed by atoms with E-state index in [0.717, 1.165) is 16.7 Å². The first-order valence-electron chi connectivity index (χ1n) is 9.79. The molecule has 5 nitrogen and oxygen atoms in total. The summed E-state index contributed by atoms with van der Waals surface area (Å²) in [5, 5.41) is 12.1. The molecule has 0 radical (unpaired) electrons. The third kappa shape index (κ3) is 4.99. The first-order chi connectivity index (χ1) is 15.1. The summed E-state index contributed by atoms with van der Waals surface area (Å²) in [5.41, 5.74) is 4.39. The Morgan fingerprint density at radius 3 is 2.23 bits per heavy atom. The van der Waals surface area contributed by atoms with E-state index in [-0.39, 0.29) is 24.8 Å². The van der Waals surface area contributed by atoms with Crippen molar-refractivity contribution in [2.75, 3.05) is 5.32 Å². The Labute approximate surface area is 179 Å². The van der Waals surface area contributed by atoms with Gasteiger partial charge < -0.3 is 10.4 Å². The van der Waals surface area contributed by atoms with Gasteiger partial charge in [0.2, 0.25) is 5.91 Å². The van der Waals surface area contributed by atoms with Crippen LogP contribution in [0, 0.1) is 5.82 Å². The van der Waals surface area contributed by atoms with Crippen LogP contribution in [-0.2, 0) is 17.8 Å². The van der Waals surface area contributed by atoms with E-state index in [4.69, 9.17) is 4.98 Å². The van der Waals surface area contributed by atoms with Crippen LogP contribution in [0.1, 0.15) is 11.1 Å². The lowest BCUT2D eigenvalue weighted by Gasteiger charge is -2.12. The number of halogens is 1. The Hall–Kier alpha value is -3.90. The number of aliphatic hydroxyl groups excluding tert-OH is 1. The van der Waals surface area contributed by atoms with Crippen molar-refractivity contribution in [3.63, 3.8) is 0 Å². The third-order valence-electron chi connectivity index (χ3n) is 4.79. The molecule has 6 heteroatoms. The number of carbonyl (C=O) groups excluding carboxylic acids is 1. The second-order valence-corrected chi connectivity index (χ2v) is 7.02. The van der Waals surface area contributed by atoms with Gasteiger partial charge in [0.05, 0.1) is 24.9 Å². The van der Waals surface area contributed by atoms with Gasteiger partial charge in [0.1, 0.15) is 11.5 Å². The molecular weight excluding hydrogens is 393 g/mol. The molecule has 2 N–H and O–H groups in total. The standard InChI is InChI=1S/C25H20FN3O2/c26-21-12-8-17(9-13-21)14-23(31)29-25-24(20-4-2-1-3-5-20)28-22(15-27-25)19-10-6-18(16-30)7-11-19/h1-13,15,30H,14,16H2,(H,27,29,31). The highest BCUT2D eigenvalue weighted by Gasteiger charge is 2.14. The predicted molar refractivity (Wildman–Crippen MR) is 118 cm³/mol. The van der Waals surface area contributed by atoms with Crippen LogP contribution in [0.15, 0.2) is 85.1 Å². The van der Waals surface area contributed by atoms with Crippen LogP contribution >= 0.6 is 0 Å². The minimum Gasteiger partial charge on any atom is -0.392 e. The molecule has 1 aromatic heterocycles. The van der Waals surface area contributed by atoms with E-state index < -0.39 is 0 Å². The zero-order valence-corrected chi connectivity index (χ0v) is 16.6. The maximum atomic E-state index is 13.1. The maximum absolute atomic E-state index is 13.1. The van der Waals surface area contributed by atoms with Gasteiger partial charge in [-0.25, -0.2) is 14.4 Å². The number of aromatic nitrogens is 2. The van der Waals surface area contributed by atoms with E-state index in [1.807, 2.05) is 54.6 Å². The van der Waals surface area contributed by atoms with Crippen molar-refractivity contribution in [2.24, 2.45) is 0 Å². The molecule has 1 heterocycles. The van der Waals surface area contributed by atoms with Crippen molar-refractivity contribution in [3.05, 3.63) is 102 Å². The third-order valence-corrected chi connectivity index (χ3v) is 4.79. The number of benzene rings is 3. The molecule has 0 aliphatic carbocycles. The van der Waals surface area contributed by atoms with Crippen LogP contribution in [0.4, 0.5) is 10.2 Å². The van der Waals surface area contributed by atoms with Crippen molar-refractivity contribution >= 4 is 11.7 Å². The summed E-state index contributed by atoms with van der Waals surface area (Å²) in [5.74, 6) is -0.254. The smallest absolute Gasteiger partial charge is 0.230 e. The largest absolute Gasteiger partial charge is 0.392 e. The monoisotopic (exact) mass is 413 g/mol. The van der Waals surface area contributed by atoms with Crippen molar-refractivity contribution in [3.8, 4) is 22.5 Å². The van der Waals surface area contributed by atoms with Crippen LogP contribution in [0.3, 0.4) is 0 Å². The number of carbonyl (C=O) groups is 1.